The number of hydrogen-bond acceptors (Lipinski definition) is 3. The molecule has 1 saturated carbocycles. The van der Waals surface area contributed by atoms with Crippen LogP contribution in [0.25, 0.3) is 0 Å². The Hall–Kier alpha value is -0.130. The van der Waals surface area contributed by atoms with E-state index in [9.17, 15) is 8.42 Å². The second kappa shape index (κ2) is 5.47. The van der Waals surface area contributed by atoms with Crippen LogP contribution in [0.15, 0.2) is 0 Å². The Labute approximate surface area is 98.2 Å². The third kappa shape index (κ3) is 3.18. The van der Waals surface area contributed by atoms with Gasteiger partial charge in [-0.1, -0.05) is 19.3 Å². The van der Waals surface area contributed by atoms with Crippen LogP contribution in [-0.4, -0.2) is 33.3 Å². The maximum Gasteiger partial charge on any atom is 0.214 e. The summed E-state index contributed by atoms with van der Waals surface area (Å²) in [7, 11) is -3.05. The van der Waals surface area contributed by atoms with Gasteiger partial charge < -0.3 is 5.32 Å². The minimum absolute atomic E-state index is 0.171. The van der Waals surface area contributed by atoms with E-state index in [2.05, 4.69) is 10.0 Å². The van der Waals surface area contributed by atoms with Gasteiger partial charge in [-0.3, -0.25) is 0 Å². The Balaban J connectivity index is 1.72. The predicted molar refractivity (Wildman–Crippen MR) is 64.8 cm³/mol. The van der Waals surface area contributed by atoms with E-state index in [-0.39, 0.29) is 5.25 Å². The molecule has 0 radical (unpaired) electrons. The number of sulfonamides is 1. The first-order chi connectivity index (χ1) is 7.68. The largest absolute Gasteiger partial charge is 0.317 e. The van der Waals surface area contributed by atoms with Crippen LogP contribution in [0.3, 0.4) is 0 Å². The van der Waals surface area contributed by atoms with E-state index in [0.717, 1.165) is 38.3 Å². The van der Waals surface area contributed by atoms with Gasteiger partial charge in [-0.15, -0.1) is 0 Å². The fourth-order valence-electron chi connectivity index (χ4n) is 2.41. The summed E-state index contributed by atoms with van der Waals surface area (Å²) in [5, 5.41) is 3.02. The van der Waals surface area contributed by atoms with Crippen molar-refractivity contribution in [2.75, 3.05) is 19.6 Å². The zero-order chi connectivity index (χ0) is 11.4. The van der Waals surface area contributed by atoms with Gasteiger partial charge in [-0.2, -0.15) is 0 Å². The van der Waals surface area contributed by atoms with Crippen molar-refractivity contribution in [1.29, 1.82) is 0 Å². The first kappa shape index (κ1) is 12.3. The zero-order valence-electron chi connectivity index (χ0n) is 9.74. The summed E-state index contributed by atoms with van der Waals surface area (Å²) < 4.78 is 26.6. The van der Waals surface area contributed by atoms with Crippen molar-refractivity contribution >= 4 is 10.0 Å². The van der Waals surface area contributed by atoms with Crippen molar-refractivity contribution in [3.63, 3.8) is 0 Å². The van der Waals surface area contributed by atoms with E-state index in [4.69, 9.17) is 0 Å². The van der Waals surface area contributed by atoms with Gasteiger partial charge in [0.15, 0.2) is 0 Å². The lowest BCUT2D eigenvalue weighted by Crippen LogP contribution is -2.42. The molecule has 2 aliphatic rings. The molecule has 0 aromatic rings. The van der Waals surface area contributed by atoms with Crippen molar-refractivity contribution in [1.82, 2.24) is 10.0 Å². The van der Waals surface area contributed by atoms with E-state index in [1.807, 2.05) is 0 Å². The Kier molecular flexibility index (Phi) is 4.21. The molecular weight excluding hydrogens is 224 g/mol. The number of hydrogen-bond donors (Lipinski definition) is 2. The fourth-order valence-corrected chi connectivity index (χ4v) is 3.90. The second-order valence-corrected chi connectivity index (χ2v) is 7.02. The molecule has 5 heteroatoms. The summed E-state index contributed by atoms with van der Waals surface area (Å²) in [4.78, 5) is 0. The minimum atomic E-state index is -3.05. The average molecular weight is 246 g/mol. The van der Waals surface area contributed by atoms with Crippen LogP contribution in [0.2, 0.25) is 0 Å². The highest BCUT2D eigenvalue weighted by Crippen LogP contribution is 2.28. The maximum atomic E-state index is 11.9. The molecule has 1 aliphatic heterocycles. The highest BCUT2D eigenvalue weighted by Gasteiger charge is 2.27. The van der Waals surface area contributed by atoms with E-state index in [1.165, 1.54) is 19.3 Å². The Bertz CT molecular complexity index is 306. The lowest BCUT2D eigenvalue weighted by atomic mass is 9.83. The van der Waals surface area contributed by atoms with E-state index in [1.54, 1.807) is 0 Å². The molecule has 2 rings (SSSR count). The molecule has 2 N–H and O–H groups in total. The summed E-state index contributed by atoms with van der Waals surface area (Å²) in [6, 6.07) is 0. The number of rotatable bonds is 5. The molecule has 4 nitrogen and oxygen atoms in total. The van der Waals surface area contributed by atoms with Gasteiger partial charge in [0, 0.05) is 6.54 Å². The van der Waals surface area contributed by atoms with E-state index < -0.39 is 10.0 Å². The molecule has 2 fully saturated rings. The Morgan fingerprint density at radius 2 is 1.81 bits per heavy atom. The first-order valence-electron chi connectivity index (χ1n) is 6.38. The monoisotopic (exact) mass is 246 g/mol. The molecule has 16 heavy (non-hydrogen) atoms. The fraction of sp³-hybridized carbons (Fsp3) is 1.00. The first-order valence-corrected chi connectivity index (χ1v) is 7.92. The van der Waals surface area contributed by atoms with Crippen molar-refractivity contribution in [3.05, 3.63) is 0 Å². The standard InChI is InChI=1S/C11H22N2O2S/c14-16(15,11-5-7-12-8-6-11)13-9-4-10-2-1-3-10/h10-13H,1-9H2. The Morgan fingerprint density at radius 1 is 1.12 bits per heavy atom. The van der Waals surface area contributed by atoms with Crippen LogP contribution < -0.4 is 10.0 Å². The topological polar surface area (TPSA) is 58.2 Å². The molecule has 94 valence electrons. The molecule has 0 bridgehead atoms. The Morgan fingerprint density at radius 3 is 2.38 bits per heavy atom. The van der Waals surface area contributed by atoms with Crippen LogP contribution in [0.5, 0.6) is 0 Å². The smallest absolute Gasteiger partial charge is 0.214 e. The van der Waals surface area contributed by atoms with Gasteiger partial charge in [0.2, 0.25) is 10.0 Å². The maximum absolute atomic E-state index is 11.9. The quantitative estimate of drug-likeness (QED) is 0.756. The van der Waals surface area contributed by atoms with Crippen molar-refractivity contribution in [3.8, 4) is 0 Å². The molecule has 1 heterocycles. The van der Waals surface area contributed by atoms with E-state index in [0.29, 0.717) is 6.54 Å². The summed E-state index contributed by atoms with van der Waals surface area (Å²) >= 11 is 0. The molecule has 1 saturated heterocycles. The molecule has 0 atom stereocenters. The predicted octanol–water partition coefficient (Wildman–Crippen LogP) is 0.848. The molecule has 1 aliphatic carbocycles. The lowest BCUT2D eigenvalue weighted by molar-refractivity contribution is 0.297. The van der Waals surface area contributed by atoms with Crippen LogP contribution in [0.1, 0.15) is 38.5 Å². The van der Waals surface area contributed by atoms with Gasteiger partial charge in [0.1, 0.15) is 0 Å². The van der Waals surface area contributed by atoms with Crippen LogP contribution in [0.4, 0.5) is 0 Å². The normalized spacial score (nSPS) is 24.2. The summed E-state index contributed by atoms with van der Waals surface area (Å²) in [5.74, 6) is 0.774. The van der Waals surface area contributed by atoms with Crippen molar-refractivity contribution < 1.29 is 8.42 Å². The molecule has 0 aromatic carbocycles. The molecule has 0 aromatic heterocycles. The van der Waals surface area contributed by atoms with Crippen LogP contribution in [-0.2, 0) is 10.0 Å². The SMILES string of the molecule is O=S(=O)(NCCC1CCC1)C1CCNCC1. The van der Waals surface area contributed by atoms with Gasteiger partial charge in [0.05, 0.1) is 5.25 Å². The number of nitrogens with one attached hydrogen (secondary N) is 2. The minimum Gasteiger partial charge on any atom is -0.317 e. The molecule has 0 spiro atoms. The van der Waals surface area contributed by atoms with E-state index >= 15 is 0 Å². The van der Waals surface area contributed by atoms with Crippen LogP contribution in [0, 0.1) is 5.92 Å². The highest BCUT2D eigenvalue weighted by molar-refractivity contribution is 7.90. The third-order valence-corrected chi connectivity index (χ3v) is 5.76. The average Bonchev–Trinajstić information content (AvgIpc) is 2.23. The van der Waals surface area contributed by atoms with Crippen LogP contribution >= 0.6 is 0 Å². The lowest BCUT2D eigenvalue weighted by Gasteiger charge is -2.26. The molecular formula is C11H22N2O2S. The van der Waals surface area contributed by atoms with Gasteiger partial charge in [0.25, 0.3) is 0 Å². The molecule has 0 amide bonds. The van der Waals surface area contributed by atoms with Crippen molar-refractivity contribution in [2.45, 2.75) is 43.8 Å². The summed E-state index contributed by atoms with van der Waals surface area (Å²) in [5.41, 5.74) is 0. The second-order valence-electron chi connectivity index (χ2n) is 4.97. The van der Waals surface area contributed by atoms with Crippen molar-refractivity contribution in [2.24, 2.45) is 5.92 Å². The summed E-state index contributed by atoms with van der Waals surface area (Å²) in [6.45, 7) is 2.29. The van der Waals surface area contributed by atoms with Gasteiger partial charge in [-0.25, -0.2) is 13.1 Å². The van der Waals surface area contributed by atoms with Gasteiger partial charge in [-0.05, 0) is 38.3 Å². The third-order valence-electron chi connectivity index (χ3n) is 3.81. The number of piperidine rings is 1. The zero-order valence-corrected chi connectivity index (χ0v) is 10.6. The highest BCUT2D eigenvalue weighted by atomic mass is 32.2. The molecule has 0 unspecified atom stereocenters. The summed E-state index contributed by atoms with van der Waals surface area (Å²) in [6.07, 6.45) is 6.41. The van der Waals surface area contributed by atoms with Gasteiger partial charge >= 0.3 is 0 Å².